The molecule has 2 aliphatic heterocycles. The van der Waals surface area contributed by atoms with Gasteiger partial charge in [-0.05, 0) is 66.9 Å². The van der Waals surface area contributed by atoms with E-state index in [2.05, 4.69) is 51.7 Å². The van der Waals surface area contributed by atoms with Crippen LogP contribution >= 0.6 is 27.5 Å². The molecule has 0 aromatic heterocycles. The largest absolute Gasteiger partial charge is 0.365 e. The molecule has 2 nitrogen and oxygen atoms in total. The van der Waals surface area contributed by atoms with Crippen LogP contribution in [0.1, 0.15) is 31.7 Å². The lowest BCUT2D eigenvalue weighted by molar-refractivity contribution is 0.115. The first-order valence-corrected chi connectivity index (χ1v) is 8.69. The number of anilines is 1. The van der Waals surface area contributed by atoms with Gasteiger partial charge >= 0.3 is 0 Å². The minimum Gasteiger partial charge on any atom is -0.365 e. The van der Waals surface area contributed by atoms with Crippen molar-refractivity contribution in [3.8, 4) is 0 Å². The van der Waals surface area contributed by atoms with Crippen LogP contribution in [0, 0.1) is 6.92 Å². The molecule has 2 aliphatic rings. The molecule has 0 aliphatic carbocycles. The van der Waals surface area contributed by atoms with Crippen molar-refractivity contribution in [2.24, 2.45) is 0 Å². The van der Waals surface area contributed by atoms with Crippen molar-refractivity contribution in [1.82, 2.24) is 4.90 Å². The first-order valence-electron chi connectivity index (χ1n) is 7.52. The summed E-state index contributed by atoms with van der Waals surface area (Å²) in [6.45, 7) is 7.95. The van der Waals surface area contributed by atoms with Crippen molar-refractivity contribution >= 4 is 33.2 Å². The van der Waals surface area contributed by atoms with Crippen LogP contribution in [0.5, 0.6) is 0 Å². The quantitative estimate of drug-likeness (QED) is 0.731. The van der Waals surface area contributed by atoms with Crippen molar-refractivity contribution in [3.05, 3.63) is 27.2 Å². The summed E-state index contributed by atoms with van der Waals surface area (Å²) in [4.78, 5) is 5.20. The van der Waals surface area contributed by atoms with Crippen LogP contribution in [0.25, 0.3) is 0 Å². The maximum absolute atomic E-state index is 6.33. The molecule has 0 radical (unpaired) electrons. The van der Waals surface area contributed by atoms with Gasteiger partial charge in [0.05, 0.1) is 5.69 Å². The Morgan fingerprint density at radius 2 is 2.05 bits per heavy atom. The highest BCUT2D eigenvalue weighted by Crippen LogP contribution is 2.36. The number of hydrogen-bond acceptors (Lipinski definition) is 2. The molecule has 0 N–H and O–H groups in total. The van der Waals surface area contributed by atoms with E-state index in [1.54, 1.807) is 0 Å². The second-order valence-electron chi connectivity index (χ2n) is 6.20. The Hall–Kier alpha value is -0.250. The van der Waals surface area contributed by atoms with Crippen LogP contribution in [0.4, 0.5) is 5.69 Å². The number of hydrogen-bond donors (Lipinski definition) is 0. The number of piperidine rings is 1. The molecule has 110 valence electrons. The molecule has 3 rings (SSSR count). The normalized spacial score (nSPS) is 27.5. The Morgan fingerprint density at radius 3 is 2.85 bits per heavy atom. The minimum atomic E-state index is 0.541. The molecule has 2 fully saturated rings. The Bertz CT molecular complexity index is 505. The molecule has 2 heterocycles. The van der Waals surface area contributed by atoms with Gasteiger partial charge in [0.1, 0.15) is 0 Å². The van der Waals surface area contributed by atoms with Gasteiger partial charge in [-0.2, -0.15) is 0 Å². The first-order chi connectivity index (χ1) is 9.56. The molecule has 2 unspecified atom stereocenters. The molecule has 1 aromatic rings. The second kappa shape index (κ2) is 5.86. The van der Waals surface area contributed by atoms with Crippen LogP contribution in [0.2, 0.25) is 5.02 Å². The molecule has 4 heteroatoms. The Labute approximate surface area is 135 Å². The lowest BCUT2D eigenvalue weighted by Crippen LogP contribution is -2.58. The van der Waals surface area contributed by atoms with E-state index in [1.165, 1.54) is 38.0 Å². The molecule has 20 heavy (non-hydrogen) atoms. The lowest BCUT2D eigenvalue weighted by atomic mass is 9.96. The number of halogens is 2. The third-order valence-electron chi connectivity index (χ3n) is 4.72. The molecule has 0 amide bonds. The maximum Gasteiger partial charge on any atom is 0.0529 e. The molecule has 0 bridgehead atoms. The predicted octanol–water partition coefficient (Wildman–Crippen LogP) is 4.47. The number of benzene rings is 1. The van der Waals surface area contributed by atoms with E-state index in [9.17, 15) is 0 Å². The topological polar surface area (TPSA) is 6.48 Å². The Balaban J connectivity index is 1.88. The number of aryl methyl sites for hydroxylation is 1. The van der Waals surface area contributed by atoms with E-state index in [0.29, 0.717) is 12.1 Å². The predicted molar refractivity (Wildman–Crippen MR) is 89.9 cm³/mol. The lowest BCUT2D eigenvalue weighted by Gasteiger charge is -2.48. The van der Waals surface area contributed by atoms with E-state index in [4.69, 9.17) is 11.6 Å². The average molecular weight is 358 g/mol. The van der Waals surface area contributed by atoms with Crippen molar-refractivity contribution in [2.45, 2.75) is 45.2 Å². The number of rotatable bonds is 1. The van der Waals surface area contributed by atoms with E-state index in [0.717, 1.165) is 21.6 Å². The number of piperazine rings is 1. The van der Waals surface area contributed by atoms with Crippen LogP contribution < -0.4 is 4.90 Å². The molecule has 2 atom stereocenters. The number of nitrogens with zero attached hydrogens (tertiary/aromatic N) is 2. The molecule has 0 spiro atoms. The summed E-state index contributed by atoms with van der Waals surface area (Å²) in [6, 6.07) is 5.51. The van der Waals surface area contributed by atoms with Gasteiger partial charge in [0.2, 0.25) is 0 Å². The van der Waals surface area contributed by atoms with Crippen LogP contribution in [0.15, 0.2) is 16.6 Å². The van der Waals surface area contributed by atoms with Crippen molar-refractivity contribution in [1.29, 1.82) is 0 Å². The number of fused-ring (bicyclic) bond motifs is 1. The third-order valence-corrected chi connectivity index (χ3v) is 5.77. The van der Waals surface area contributed by atoms with E-state index in [-0.39, 0.29) is 0 Å². The zero-order chi connectivity index (χ0) is 14.3. The fraction of sp³-hybridized carbons (Fsp3) is 0.625. The van der Waals surface area contributed by atoms with E-state index >= 15 is 0 Å². The third kappa shape index (κ3) is 2.72. The van der Waals surface area contributed by atoms with Gasteiger partial charge < -0.3 is 4.90 Å². The maximum atomic E-state index is 6.33. The zero-order valence-electron chi connectivity index (χ0n) is 12.2. The van der Waals surface area contributed by atoms with E-state index < -0.39 is 0 Å². The van der Waals surface area contributed by atoms with Crippen molar-refractivity contribution in [2.75, 3.05) is 24.5 Å². The zero-order valence-corrected chi connectivity index (χ0v) is 14.5. The molecule has 1 aromatic carbocycles. The smallest absolute Gasteiger partial charge is 0.0529 e. The van der Waals surface area contributed by atoms with Crippen LogP contribution in [-0.2, 0) is 0 Å². The Morgan fingerprint density at radius 1 is 1.25 bits per heavy atom. The highest BCUT2D eigenvalue weighted by atomic mass is 79.9. The standard InChI is InChI=1S/C16H22BrClN2/c1-11-7-14(17)16(8-15(11)18)20-10-13-5-3-4-6-19(13)9-12(20)2/h7-8,12-13H,3-6,9-10H2,1-2H3. The van der Waals surface area contributed by atoms with Crippen LogP contribution in [0.3, 0.4) is 0 Å². The van der Waals surface area contributed by atoms with Crippen molar-refractivity contribution < 1.29 is 0 Å². The SMILES string of the molecule is Cc1cc(Br)c(N2CC3CCCCN3CC2C)cc1Cl. The summed E-state index contributed by atoms with van der Waals surface area (Å²) in [5.74, 6) is 0. The molecular formula is C16H22BrClN2. The molecule has 2 saturated heterocycles. The van der Waals surface area contributed by atoms with E-state index in [1.807, 2.05) is 0 Å². The van der Waals surface area contributed by atoms with Gasteiger partial charge in [-0.15, -0.1) is 0 Å². The van der Waals surface area contributed by atoms with Gasteiger partial charge in [0, 0.05) is 34.7 Å². The summed E-state index contributed by atoms with van der Waals surface area (Å²) in [5.41, 5.74) is 2.38. The monoisotopic (exact) mass is 356 g/mol. The van der Waals surface area contributed by atoms with Gasteiger partial charge in [-0.25, -0.2) is 0 Å². The summed E-state index contributed by atoms with van der Waals surface area (Å²) in [6.07, 6.45) is 4.07. The molecule has 0 saturated carbocycles. The van der Waals surface area contributed by atoms with Gasteiger partial charge in [-0.1, -0.05) is 18.0 Å². The van der Waals surface area contributed by atoms with Gasteiger partial charge in [0.25, 0.3) is 0 Å². The van der Waals surface area contributed by atoms with Crippen LogP contribution in [-0.4, -0.2) is 36.6 Å². The second-order valence-corrected chi connectivity index (χ2v) is 7.46. The fourth-order valence-corrected chi connectivity index (χ4v) is 4.39. The summed E-state index contributed by atoms with van der Waals surface area (Å²) in [7, 11) is 0. The summed E-state index contributed by atoms with van der Waals surface area (Å²) < 4.78 is 1.16. The Kier molecular flexibility index (Phi) is 4.30. The minimum absolute atomic E-state index is 0.541. The fourth-order valence-electron chi connectivity index (χ4n) is 3.54. The summed E-state index contributed by atoms with van der Waals surface area (Å²) in [5, 5.41) is 0.862. The molecular weight excluding hydrogens is 336 g/mol. The highest BCUT2D eigenvalue weighted by molar-refractivity contribution is 9.10. The first kappa shape index (κ1) is 14.7. The average Bonchev–Trinajstić information content (AvgIpc) is 2.42. The van der Waals surface area contributed by atoms with Gasteiger partial charge in [-0.3, -0.25) is 4.90 Å². The van der Waals surface area contributed by atoms with Crippen molar-refractivity contribution in [3.63, 3.8) is 0 Å². The highest BCUT2D eigenvalue weighted by Gasteiger charge is 2.33. The summed E-state index contributed by atoms with van der Waals surface area (Å²) >= 11 is 10.1. The van der Waals surface area contributed by atoms with Gasteiger partial charge in [0.15, 0.2) is 0 Å².